The molecular weight excluding hydrogens is 516 g/mol. The van der Waals surface area contributed by atoms with Gasteiger partial charge in [0.2, 0.25) is 11.8 Å². The van der Waals surface area contributed by atoms with Gasteiger partial charge in [0.15, 0.2) is 5.78 Å². The summed E-state index contributed by atoms with van der Waals surface area (Å²) in [5.41, 5.74) is 5.30. The molecule has 4 aromatic rings. The fourth-order valence-electron chi connectivity index (χ4n) is 5.30. The molecule has 1 fully saturated rings. The van der Waals surface area contributed by atoms with Gasteiger partial charge < -0.3 is 10.2 Å². The summed E-state index contributed by atoms with van der Waals surface area (Å²) in [7, 11) is 0. The number of likely N-dealkylation sites (tertiary alicyclic amines) is 1. The lowest BCUT2D eigenvalue weighted by Gasteiger charge is -2.24. The van der Waals surface area contributed by atoms with Gasteiger partial charge >= 0.3 is 0 Å². The molecular formula is C32H32N6O3. The molecule has 9 heteroatoms. The van der Waals surface area contributed by atoms with Crippen molar-refractivity contribution in [3.05, 3.63) is 77.6 Å². The number of allylic oxidation sites excluding steroid dienone is 1. The lowest BCUT2D eigenvalue weighted by Crippen LogP contribution is -2.44. The Morgan fingerprint density at radius 2 is 1.90 bits per heavy atom. The number of aliphatic imine (C=N–C) groups is 1. The first-order valence-corrected chi connectivity index (χ1v) is 13.6. The topological polar surface area (TPSA) is 110 Å². The molecule has 1 N–H and O–H groups in total. The first-order chi connectivity index (χ1) is 19.8. The Kier molecular flexibility index (Phi) is 7.87. The molecule has 1 aliphatic rings. The zero-order valence-corrected chi connectivity index (χ0v) is 23.4. The van der Waals surface area contributed by atoms with Gasteiger partial charge in [-0.1, -0.05) is 36.4 Å². The summed E-state index contributed by atoms with van der Waals surface area (Å²) < 4.78 is 1.56. The van der Waals surface area contributed by atoms with Gasteiger partial charge in [-0.05, 0) is 80.4 Å². The normalized spacial score (nSPS) is 15.0. The van der Waals surface area contributed by atoms with E-state index in [9.17, 15) is 14.4 Å². The van der Waals surface area contributed by atoms with Crippen LogP contribution in [-0.2, 0) is 16.1 Å². The van der Waals surface area contributed by atoms with Crippen LogP contribution in [0.2, 0.25) is 0 Å². The van der Waals surface area contributed by atoms with E-state index < -0.39 is 6.04 Å². The summed E-state index contributed by atoms with van der Waals surface area (Å²) in [4.78, 5) is 49.2. The summed E-state index contributed by atoms with van der Waals surface area (Å²) in [6, 6.07) is 16.5. The smallest absolute Gasteiger partial charge is 0.248 e. The Morgan fingerprint density at radius 3 is 2.63 bits per heavy atom. The highest BCUT2D eigenvalue weighted by molar-refractivity contribution is 6.06. The number of anilines is 1. The van der Waals surface area contributed by atoms with Crippen LogP contribution in [-0.4, -0.2) is 56.6 Å². The maximum Gasteiger partial charge on any atom is 0.248 e. The van der Waals surface area contributed by atoms with E-state index in [1.807, 2.05) is 74.5 Å². The maximum atomic E-state index is 13.5. The van der Waals surface area contributed by atoms with Crippen LogP contribution in [0.3, 0.4) is 0 Å². The van der Waals surface area contributed by atoms with Crippen molar-refractivity contribution in [2.75, 3.05) is 11.9 Å². The van der Waals surface area contributed by atoms with Crippen molar-refractivity contribution in [1.82, 2.24) is 19.7 Å². The average molecular weight is 549 g/mol. The van der Waals surface area contributed by atoms with Gasteiger partial charge in [0.25, 0.3) is 0 Å². The number of aryl methyl sites for hydroxylation is 1. The van der Waals surface area contributed by atoms with E-state index in [4.69, 9.17) is 0 Å². The largest absolute Gasteiger partial charge is 0.329 e. The Labute approximate surface area is 238 Å². The van der Waals surface area contributed by atoms with E-state index in [0.717, 1.165) is 34.5 Å². The molecule has 41 heavy (non-hydrogen) atoms. The number of hydrogen-bond donors (Lipinski definition) is 1. The number of carbonyl (C=O) groups is 3. The second-order valence-corrected chi connectivity index (χ2v) is 10.1. The number of pyridine rings is 1. The molecule has 2 amide bonds. The van der Waals surface area contributed by atoms with Crippen LogP contribution in [0.15, 0.2) is 65.7 Å². The van der Waals surface area contributed by atoms with Gasteiger partial charge in [-0.3, -0.25) is 24.1 Å². The molecule has 3 heterocycles. The monoisotopic (exact) mass is 548 g/mol. The van der Waals surface area contributed by atoms with Gasteiger partial charge in [0.1, 0.15) is 24.1 Å². The number of nitrogens with one attached hydrogen (secondary N) is 1. The zero-order valence-electron chi connectivity index (χ0n) is 23.4. The van der Waals surface area contributed by atoms with Crippen molar-refractivity contribution in [2.24, 2.45) is 4.99 Å². The lowest BCUT2D eigenvalue weighted by atomic mass is 10.00. The molecule has 2 aromatic carbocycles. The van der Waals surface area contributed by atoms with E-state index in [0.29, 0.717) is 35.4 Å². The predicted octanol–water partition coefficient (Wildman–Crippen LogP) is 5.60. The van der Waals surface area contributed by atoms with Crippen LogP contribution in [0.25, 0.3) is 28.1 Å². The van der Waals surface area contributed by atoms with Gasteiger partial charge in [0.05, 0.1) is 11.2 Å². The number of benzene rings is 2. The SMILES string of the molecule is C=Nc1cc(-c2ccc3c(c2)c(C(C)=O)nn3CC(=O)N2CCC[C@H]2C(=O)Nc2cccc(C)n2)ccc1/C=C\C. The summed E-state index contributed by atoms with van der Waals surface area (Å²) in [6.07, 6.45) is 5.21. The van der Waals surface area contributed by atoms with Crippen LogP contribution in [0.4, 0.5) is 11.5 Å². The molecule has 1 aliphatic heterocycles. The number of amides is 2. The van der Waals surface area contributed by atoms with Gasteiger partial charge in [-0.15, -0.1) is 0 Å². The van der Waals surface area contributed by atoms with E-state index >= 15 is 0 Å². The molecule has 0 bridgehead atoms. The molecule has 0 radical (unpaired) electrons. The van der Waals surface area contributed by atoms with Crippen LogP contribution >= 0.6 is 0 Å². The number of rotatable bonds is 8. The maximum absolute atomic E-state index is 13.5. The predicted molar refractivity (Wildman–Crippen MR) is 161 cm³/mol. The summed E-state index contributed by atoms with van der Waals surface area (Å²) in [6.45, 7) is 9.35. The Bertz CT molecular complexity index is 1700. The second-order valence-electron chi connectivity index (χ2n) is 10.1. The van der Waals surface area contributed by atoms with Gasteiger partial charge in [-0.25, -0.2) is 4.98 Å². The molecule has 0 spiro atoms. The third kappa shape index (κ3) is 5.70. The van der Waals surface area contributed by atoms with Gasteiger partial charge in [-0.2, -0.15) is 5.10 Å². The number of Topliss-reactive ketones (excluding diaryl/α,β-unsaturated/α-hetero) is 1. The molecule has 2 aromatic heterocycles. The highest BCUT2D eigenvalue weighted by Gasteiger charge is 2.34. The van der Waals surface area contributed by atoms with Crippen LogP contribution in [0.5, 0.6) is 0 Å². The van der Waals surface area contributed by atoms with E-state index in [1.165, 1.54) is 6.92 Å². The average Bonchev–Trinajstić information content (AvgIpc) is 3.59. The number of aromatic nitrogens is 3. The summed E-state index contributed by atoms with van der Waals surface area (Å²) in [5.74, 6) is -0.229. The first-order valence-electron chi connectivity index (χ1n) is 13.6. The van der Waals surface area contributed by atoms with Crippen molar-refractivity contribution in [3.8, 4) is 11.1 Å². The van der Waals surface area contributed by atoms with Crippen molar-refractivity contribution in [1.29, 1.82) is 0 Å². The zero-order chi connectivity index (χ0) is 29.1. The first kappa shape index (κ1) is 27.6. The fourth-order valence-corrected chi connectivity index (χ4v) is 5.30. The molecule has 9 nitrogen and oxygen atoms in total. The van der Waals surface area contributed by atoms with Gasteiger partial charge in [0, 0.05) is 24.5 Å². The highest BCUT2D eigenvalue weighted by Crippen LogP contribution is 2.32. The van der Waals surface area contributed by atoms with Crippen molar-refractivity contribution >= 4 is 52.8 Å². The fraction of sp³-hybridized carbons (Fsp3) is 0.250. The number of carbonyl (C=O) groups excluding carboxylic acids is 3. The summed E-state index contributed by atoms with van der Waals surface area (Å²) in [5, 5.41) is 8.02. The van der Waals surface area contributed by atoms with Crippen molar-refractivity contribution < 1.29 is 14.4 Å². The minimum Gasteiger partial charge on any atom is -0.329 e. The molecule has 1 atom stereocenters. The van der Waals surface area contributed by atoms with Crippen LogP contribution < -0.4 is 5.32 Å². The Balaban J connectivity index is 1.41. The lowest BCUT2D eigenvalue weighted by molar-refractivity contribution is -0.137. The van der Waals surface area contributed by atoms with E-state index in [-0.39, 0.29) is 24.1 Å². The highest BCUT2D eigenvalue weighted by atomic mass is 16.2. The number of nitrogens with zero attached hydrogens (tertiary/aromatic N) is 5. The Morgan fingerprint density at radius 1 is 1.12 bits per heavy atom. The molecule has 0 aliphatic carbocycles. The quantitative estimate of drug-likeness (QED) is 0.228. The standard InChI is InChI=1S/C32H32N6O3/c1-5-8-22-12-13-24(18-26(22)33-4)23-14-15-27-25(17-23)31(21(3)39)36-38(27)19-30(40)37-16-7-10-28(37)32(41)35-29-11-6-9-20(2)34-29/h5-6,8-9,11-15,17-18,28H,4,7,10,16,19H2,1-3H3,(H,34,35,41)/b8-5-/t28-/m0/s1. The minimum absolute atomic E-state index is 0.0851. The number of fused-ring (bicyclic) bond motifs is 1. The minimum atomic E-state index is -0.594. The van der Waals surface area contributed by atoms with E-state index in [1.54, 1.807) is 15.6 Å². The molecule has 0 unspecified atom stereocenters. The molecule has 0 saturated carbocycles. The Hall–Kier alpha value is -4.92. The molecule has 208 valence electrons. The third-order valence-corrected chi connectivity index (χ3v) is 7.26. The summed E-state index contributed by atoms with van der Waals surface area (Å²) >= 11 is 0. The number of hydrogen-bond acceptors (Lipinski definition) is 6. The number of ketones is 1. The second kappa shape index (κ2) is 11.7. The van der Waals surface area contributed by atoms with Crippen LogP contribution in [0.1, 0.15) is 48.4 Å². The van der Waals surface area contributed by atoms with Crippen molar-refractivity contribution in [2.45, 2.75) is 46.2 Å². The molecule has 5 rings (SSSR count). The van der Waals surface area contributed by atoms with Crippen LogP contribution in [0, 0.1) is 6.92 Å². The third-order valence-electron chi connectivity index (χ3n) is 7.26. The van der Waals surface area contributed by atoms with E-state index in [2.05, 4.69) is 27.1 Å². The molecule has 1 saturated heterocycles. The van der Waals surface area contributed by atoms with Crippen molar-refractivity contribution in [3.63, 3.8) is 0 Å².